The number of carboxylic acids is 1. The largest absolute Gasteiger partial charge is 0.496 e. The molecule has 1 saturated carbocycles. The fourth-order valence-corrected chi connectivity index (χ4v) is 4.09. The van der Waals surface area contributed by atoms with Gasteiger partial charge in [0, 0.05) is 36.5 Å². The van der Waals surface area contributed by atoms with Gasteiger partial charge in [0.2, 0.25) is 5.91 Å². The Balaban J connectivity index is 0.000000429. The molecule has 2 aromatic carbocycles. The number of halogens is 3. The van der Waals surface area contributed by atoms with Crippen molar-refractivity contribution in [2.45, 2.75) is 44.3 Å². The molecule has 9 heteroatoms. The Morgan fingerprint density at radius 1 is 1.09 bits per heavy atom. The molecule has 1 heterocycles. The van der Waals surface area contributed by atoms with Crippen molar-refractivity contribution in [1.29, 1.82) is 0 Å². The predicted octanol–water partition coefficient (Wildman–Crippen LogP) is 4.93. The number of carbonyl (C=O) groups excluding carboxylic acids is 1. The van der Waals surface area contributed by atoms with Gasteiger partial charge in [-0.05, 0) is 61.1 Å². The van der Waals surface area contributed by atoms with Crippen molar-refractivity contribution < 1.29 is 32.6 Å². The number of benzene rings is 2. The Bertz CT molecular complexity index is 1060. The lowest BCUT2D eigenvalue weighted by atomic mass is 9.91. The van der Waals surface area contributed by atoms with Crippen molar-refractivity contribution >= 4 is 23.6 Å². The highest BCUT2D eigenvalue weighted by atomic mass is 19.4. The third-order valence-electron chi connectivity index (χ3n) is 6.20. The van der Waals surface area contributed by atoms with E-state index in [2.05, 4.69) is 22.3 Å². The van der Waals surface area contributed by atoms with Crippen LogP contribution in [0, 0.1) is 0 Å². The van der Waals surface area contributed by atoms with Crippen LogP contribution in [0.2, 0.25) is 0 Å². The molecule has 0 unspecified atom stereocenters. The van der Waals surface area contributed by atoms with Crippen molar-refractivity contribution in [3.05, 3.63) is 65.2 Å². The third-order valence-corrected chi connectivity index (χ3v) is 6.20. The Hall–Kier alpha value is -3.33. The topological polar surface area (TPSA) is 78.9 Å². The zero-order valence-corrected chi connectivity index (χ0v) is 19.5. The normalized spacial score (nSPS) is 16.3. The van der Waals surface area contributed by atoms with Gasteiger partial charge in [-0.15, -0.1) is 0 Å². The number of aliphatic carboxylic acids is 1. The SMILES string of the molecule is COc1ccccc1C=CC(=O)Nc1ccc2c(c1)CCN(C1CCC1)CC2.O=C(O)C(F)(F)F. The number of carboxylic acid groups (broad SMARTS) is 1. The molecule has 0 saturated heterocycles. The van der Waals surface area contributed by atoms with E-state index in [0.29, 0.717) is 0 Å². The quantitative estimate of drug-likeness (QED) is 0.581. The lowest BCUT2D eigenvalue weighted by Crippen LogP contribution is -2.41. The second-order valence-electron chi connectivity index (χ2n) is 8.47. The first kappa shape index (κ1) is 26.3. The van der Waals surface area contributed by atoms with Gasteiger partial charge in [-0.1, -0.05) is 30.7 Å². The molecule has 1 aliphatic heterocycles. The number of rotatable bonds is 5. The molecule has 6 nitrogen and oxygen atoms in total. The zero-order valence-electron chi connectivity index (χ0n) is 19.5. The van der Waals surface area contributed by atoms with Crippen molar-refractivity contribution in [3.63, 3.8) is 0 Å². The molecule has 0 aromatic heterocycles. The molecule has 0 atom stereocenters. The van der Waals surface area contributed by atoms with Crippen LogP contribution in [-0.2, 0) is 22.4 Å². The summed E-state index contributed by atoms with van der Waals surface area (Å²) < 4.78 is 37.1. The van der Waals surface area contributed by atoms with Gasteiger partial charge >= 0.3 is 12.1 Å². The highest BCUT2D eigenvalue weighted by Gasteiger charge is 2.38. The molecule has 1 aliphatic carbocycles. The number of fused-ring (bicyclic) bond motifs is 1. The minimum Gasteiger partial charge on any atom is -0.496 e. The lowest BCUT2D eigenvalue weighted by molar-refractivity contribution is -0.192. The van der Waals surface area contributed by atoms with Crippen LogP contribution < -0.4 is 10.1 Å². The first-order valence-corrected chi connectivity index (χ1v) is 11.5. The number of hydrogen-bond acceptors (Lipinski definition) is 4. The van der Waals surface area contributed by atoms with Crippen LogP contribution in [0.15, 0.2) is 48.5 Å². The summed E-state index contributed by atoms with van der Waals surface area (Å²) in [5.74, 6) is -2.13. The smallest absolute Gasteiger partial charge is 0.490 e. The molecule has 2 aromatic rings. The molecule has 4 rings (SSSR count). The summed E-state index contributed by atoms with van der Waals surface area (Å²) in [4.78, 5) is 23.9. The molecular formula is C26H29F3N2O4. The summed E-state index contributed by atoms with van der Waals surface area (Å²) in [5.41, 5.74) is 4.54. The van der Waals surface area contributed by atoms with Crippen LogP contribution in [0.25, 0.3) is 6.08 Å². The molecule has 0 radical (unpaired) electrons. The Kier molecular flexibility index (Phi) is 8.92. The number of methoxy groups -OCH3 is 1. The van der Waals surface area contributed by atoms with Crippen LogP contribution in [-0.4, -0.2) is 54.3 Å². The van der Waals surface area contributed by atoms with Crippen molar-refractivity contribution in [2.75, 3.05) is 25.5 Å². The highest BCUT2D eigenvalue weighted by Crippen LogP contribution is 2.28. The number of para-hydroxylation sites is 1. The van der Waals surface area contributed by atoms with Crippen molar-refractivity contribution in [3.8, 4) is 5.75 Å². The van der Waals surface area contributed by atoms with Crippen molar-refractivity contribution in [1.82, 2.24) is 4.90 Å². The second kappa shape index (κ2) is 11.9. The van der Waals surface area contributed by atoms with Gasteiger partial charge < -0.3 is 15.2 Å². The van der Waals surface area contributed by atoms with Gasteiger partial charge in [0.25, 0.3) is 0 Å². The molecule has 0 bridgehead atoms. The number of hydrogen-bond donors (Lipinski definition) is 2. The van der Waals surface area contributed by atoms with E-state index in [4.69, 9.17) is 14.6 Å². The van der Waals surface area contributed by atoms with Gasteiger partial charge in [0.05, 0.1) is 7.11 Å². The molecule has 2 aliphatic rings. The van der Waals surface area contributed by atoms with Crippen LogP contribution in [0.5, 0.6) is 5.75 Å². The summed E-state index contributed by atoms with van der Waals surface area (Å²) >= 11 is 0. The summed E-state index contributed by atoms with van der Waals surface area (Å²) in [5, 5.41) is 10.1. The number of nitrogens with one attached hydrogen (secondary N) is 1. The van der Waals surface area contributed by atoms with Crippen LogP contribution in [0.3, 0.4) is 0 Å². The number of amides is 1. The number of nitrogens with zero attached hydrogens (tertiary/aromatic N) is 1. The Morgan fingerprint density at radius 3 is 2.34 bits per heavy atom. The number of carbonyl (C=O) groups is 2. The van der Waals surface area contributed by atoms with Gasteiger partial charge in [0.15, 0.2) is 0 Å². The van der Waals surface area contributed by atoms with Gasteiger partial charge in [-0.2, -0.15) is 13.2 Å². The monoisotopic (exact) mass is 490 g/mol. The molecular weight excluding hydrogens is 461 g/mol. The average molecular weight is 491 g/mol. The minimum atomic E-state index is -5.08. The van der Waals surface area contributed by atoms with E-state index >= 15 is 0 Å². The van der Waals surface area contributed by atoms with Crippen LogP contribution in [0.1, 0.15) is 36.0 Å². The first-order chi connectivity index (χ1) is 16.7. The minimum absolute atomic E-state index is 0.129. The van der Waals surface area contributed by atoms with Crippen LogP contribution >= 0.6 is 0 Å². The fraction of sp³-hybridized carbons (Fsp3) is 0.385. The number of anilines is 1. The van der Waals surface area contributed by atoms with E-state index in [1.165, 1.54) is 30.4 Å². The molecule has 0 spiro atoms. The maximum absolute atomic E-state index is 12.4. The summed E-state index contributed by atoms with van der Waals surface area (Å²) in [7, 11) is 1.63. The average Bonchev–Trinajstić information content (AvgIpc) is 2.99. The molecule has 1 fully saturated rings. The summed E-state index contributed by atoms with van der Waals surface area (Å²) in [6, 6.07) is 14.8. The fourth-order valence-electron chi connectivity index (χ4n) is 4.09. The highest BCUT2D eigenvalue weighted by molar-refractivity contribution is 6.02. The maximum Gasteiger partial charge on any atom is 0.490 e. The number of ether oxygens (including phenoxy) is 1. The Labute approximate surface area is 202 Å². The van der Waals surface area contributed by atoms with E-state index in [1.807, 2.05) is 30.3 Å². The maximum atomic E-state index is 12.4. The zero-order chi connectivity index (χ0) is 25.4. The van der Waals surface area contributed by atoms with Crippen LogP contribution in [0.4, 0.5) is 18.9 Å². The van der Waals surface area contributed by atoms with E-state index in [-0.39, 0.29) is 5.91 Å². The molecule has 1 amide bonds. The van der Waals surface area contributed by atoms with Crippen molar-refractivity contribution in [2.24, 2.45) is 0 Å². The summed E-state index contributed by atoms with van der Waals surface area (Å²) in [6.45, 7) is 2.29. The third kappa shape index (κ3) is 7.58. The van der Waals surface area contributed by atoms with E-state index in [1.54, 1.807) is 19.3 Å². The van der Waals surface area contributed by atoms with Gasteiger partial charge in [-0.3, -0.25) is 9.69 Å². The van der Waals surface area contributed by atoms with Gasteiger partial charge in [-0.25, -0.2) is 4.79 Å². The van der Waals surface area contributed by atoms with Gasteiger partial charge in [0.1, 0.15) is 5.75 Å². The van der Waals surface area contributed by atoms with E-state index in [0.717, 1.165) is 49.0 Å². The first-order valence-electron chi connectivity index (χ1n) is 11.5. The summed E-state index contributed by atoms with van der Waals surface area (Å²) in [6.07, 6.45) is 4.52. The Morgan fingerprint density at radius 2 is 1.74 bits per heavy atom. The molecule has 35 heavy (non-hydrogen) atoms. The molecule has 188 valence electrons. The van der Waals surface area contributed by atoms with E-state index < -0.39 is 12.1 Å². The predicted molar refractivity (Wildman–Crippen MR) is 127 cm³/mol. The second-order valence-corrected chi connectivity index (χ2v) is 8.47. The lowest BCUT2D eigenvalue weighted by Gasteiger charge is -2.36. The number of alkyl halides is 3. The standard InChI is InChI=1S/C24H28N2O2.C2HF3O2/c1-28-23-8-3-2-5-19(23)10-12-24(27)25-21-11-9-18-13-15-26(22-6-4-7-22)16-14-20(18)17-21;3-2(4,5)1(6)7/h2-3,5,8-12,17,22H,4,6-7,13-16H2,1H3,(H,25,27);(H,6,7). The van der Waals surface area contributed by atoms with E-state index in [9.17, 15) is 18.0 Å². The molecule has 2 N–H and O–H groups in total.